The van der Waals surface area contributed by atoms with Gasteiger partial charge >= 0.3 is 0 Å². The van der Waals surface area contributed by atoms with Crippen LogP contribution in [0, 0.1) is 23.5 Å². The lowest BCUT2D eigenvalue weighted by Gasteiger charge is -2.53. The SMILES string of the molecule is CC(C)=CCC12OC(C)(C)C3CC4(Oc5cc(F)cc(F)c5C(=O)C4=CC31)C2=O. The minimum absolute atomic E-state index is 0.0535. The highest BCUT2D eigenvalue weighted by molar-refractivity contribution is 6.20. The zero-order valence-electron chi connectivity index (χ0n) is 16.8. The number of allylic oxidation sites excluding steroid dienone is 1. The van der Waals surface area contributed by atoms with Crippen molar-refractivity contribution in [2.24, 2.45) is 11.8 Å². The van der Waals surface area contributed by atoms with Gasteiger partial charge in [0, 0.05) is 42.4 Å². The van der Waals surface area contributed by atoms with Crippen molar-refractivity contribution >= 4 is 11.6 Å². The van der Waals surface area contributed by atoms with Crippen LogP contribution in [-0.4, -0.2) is 28.4 Å². The summed E-state index contributed by atoms with van der Waals surface area (Å²) in [6.07, 6.45) is 4.35. The van der Waals surface area contributed by atoms with Crippen LogP contribution >= 0.6 is 0 Å². The highest BCUT2D eigenvalue weighted by Crippen LogP contribution is 2.64. The Morgan fingerprint density at radius 3 is 2.66 bits per heavy atom. The summed E-state index contributed by atoms with van der Waals surface area (Å²) in [7, 11) is 0. The van der Waals surface area contributed by atoms with Crippen molar-refractivity contribution < 1.29 is 27.8 Å². The van der Waals surface area contributed by atoms with Crippen LogP contribution in [0.25, 0.3) is 0 Å². The summed E-state index contributed by atoms with van der Waals surface area (Å²) in [4.78, 5) is 27.1. The third kappa shape index (κ3) is 2.15. The van der Waals surface area contributed by atoms with E-state index in [2.05, 4.69) is 0 Å². The van der Waals surface area contributed by atoms with Crippen LogP contribution in [0.1, 0.15) is 50.9 Å². The molecule has 1 spiro atoms. The summed E-state index contributed by atoms with van der Waals surface area (Å²) in [5.41, 5.74) is -2.40. The van der Waals surface area contributed by atoms with Crippen LogP contribution in [0.15, 0.2) is 35.4 Å². The first-order chi connectivity index (χ1) is 13.5. The fourth-order valence-electron chi connectivity index (χ4n) is 5.68. The van der Waals surface area contributed by atoms with Gasteiger partial charge in [-0.2, -0.15) is 0 Å². The van der Waals surface area contributed by atoms with Gasteiger partial charge in [-0.1, -0.05) is 17.7 Å². The van der Waals surface area contributed by atoms with Crippen LogP contribution < -0.4 is 4.74 Å². The van der Waals surface area contributed by atoms with Crippen molar-refractivity contribution in [3.63, 3.8) is 0 Å². The van der Waals surface area contributed by atoms with Gasteiger partial charge in [0.25, 0.3) is 0 Å². The Hall–Kier alpha value is -2.34. The Labute approximate surface area is 167 Å². The quantitative estimate of drug-likeness (QED) is 0.694. The van der Waals surface area contributed by atoms with Gasteiger partial charge in [0.1, 0.15) is 28.5 Å². The summed E-state index contributed by atoms with van der Waals surface area (Å²) in [6.45, 7) is 7.78. The molecule has 2 aliphatic heterocycles. The molecule has 0 aromatic heterocycles. The van der Waals surface area contributed by atoms with Crippen molar-refractivity contribution in [2.45, 2.75) is 57.3 Å². The highest BCUT2D eigenvalue weighted by Gasteiger charge is 2.76. The normalized spacial score (nSPS) is 35.6. The van der Waals surface area contributed by atoms with E-state index < -0.39 is 34.2 Å². The first-order valence-electron chi connectivity index (χ1n) is 9.85. The minimum atomic E-state index is -1.56. The molecular weight excluding hydrogens is 378 g/mol. The molecule has 4 nitrogen and oxygen atoms in total. The molecule has 29 heavy (non-hydrogen) atoms. The van der Waals surface area contributed by atoms with Crippen molar-refractivity contribution in [2.75, 3.05) is 0 Å². The first-order valence-corrected chi connectivity index (χ1v) is 9.85. The maximum Gasteiger partial charge on any atom is 0.213 e. The van der Waals surface area contributed by atoms with Crippen LogP contribution in [0.5, 0.6) is 5.75 Å². The zero-order valence-corrected chi connectivity index (χ0v) is 16.8. The van der Waals surface area contributed by atoms with Crippen molar-refractivity contribution in [1.29, 1.82) is 0 Å². The summed E-state index contributed by atoms with van der Waals surface area (Å²) in [5.74, 6) is -3.32. The Bertz CT molecular complexity index is 1050. The van der Waals surface area contributed by atoms with Crippen molar-refractivity contribution in [3.8, 4) is 5.75 Å². The van der Waals surface area contributed by atoms with E-state index in [1.165, 1.54) is 0 Å². The molecule has 1 aromatic rings. The molecule has 6 heteroatoms. The summed E-state index contributed by atoms with van der Waals surface area (Å²) in [6, 6.07) is 1.64. The van der Waals surface area contributed by atoms with Crippen LogP contribution in [-0.2, 0) is 9.53 Å². The van der Waals surface area contributed by atoms with E-state index in [0.29, 0.717) is 12.5 Å². The molecular formula is C23H22F2O4. The molecule has 1 aromatic carbocycles. The molecule has 4 unspecified atom stereocenters. The molecule has 2 fully saturated rings. The van der Waals surface area contributed by atoms with Gasteiger partial charge in [-0.05, 0) is 27.7 Å². The van der Waals surface area contributed by atoms with Gasteiger partial charge in [-0.15, -0.1) is 0 Å². The minimum Gasteiger partial charge on any atom is -0.473 e. The summed E-state index contributed by atoms with van der Waals surface area (Å²) < 4.78 is 40.7. The Morgan fingerprint density at radius 1 is 1.24 bits per heavy atom. The van der Waals surface area contributed by atoms with E-state index >= 15 is 0 Å². The predicted octanol–water partition coefficient (Wildman–Crippen LogP) is 4.33. The number of Topliss-reactive ketones (excluding diaryl/α,β-unsaturated/α-hetero) is 2. The standard InChI is InChI=1S/C23H22F2O4/c1-11(2)5-6-22-13-9-14-19(26)18-16(25)7-12(24)8-17(18)28-23(14,20(22)27)10-15(13)21(3,4)29-22/h5,7-9,13,15H,6,10H2,1-4H3. The first kappa shape index (κ1) is 18.7. The Balaban J connectivity index is 1.74. The van der Waals surface area contributed by atoms with Crippen LogP contribution in [0.4, 0.5) is 8.78 Å². The molecule has 1 saturated carbocycles. The third-order valence-electron chi connectivity index (χ3n) is 6.94. The molecule has 0 radical (unpaired) electrons. The number of halogens is 2. The van der Waals surface area contributed by atoms with Crippen molar-refractivity contribution in [3.05, 3.63) is 52.6 Å². The highest BCUT2D eigenvalue weighted by atomic mass is 19.1. The maximum atomic E-state index is 14.4. The molecule has 4 bridgehead atoms. The molecule has 2 heterocycles. The van der Waals surface area contributed by atoms with Crippen molar-refractivity contribution in [1.82, 2.24) is 0 Å². The second-order valence-corrected chi connectivity index (χ2v) is 9.35. The molecule has 0 amide bonds. The fourth-order valence-corrected chi connectivity index (χ4v) is 5.68. The smallest absolute Gasteiger partial charge is 0.213 e. The van der Waals surface area contributed by atoms with E-state index in [4.69, 9.17) is 9.47 Å². The van der Waals surface area contributed by atoms with Gasteiger partial charge in [0.05, 0.1) is 5.60 Å². The number of ether oxygens (including phenoxy) is 2. The lowest BCUT2D eigenvalue weighted by molar-refractivity contribution is -0.166. The number of hydrogen-bond donors (Lipinski definition) is 0. The molecule has 0 N–H and O–H groups in total. The molecule has 1 saturated heterocycles. The second-order valence-electron chi connectivity index (χ2n) is 9.35. The topological polar surface area (TPSA) is 52.6 Å². The van der Waals surface area contributed by atoms with E-state index in [-0.39, 0.29) is 40.9 Å². The number of carbonyl (C=O) groups excluding carboxylic acids is 2. The van der Waals surface area contributed by atoms with Gasteiger partial charge in [-0.3, -0.25) is 9.59 Å². The number of ketones is 2. The second kappa shape index (κ2) is 5.42. The Morgan fingerprint density at radius 2 is 1.97 bits per heavy atom. The number of carbonyl (C=O) groups is 2. The lowest BCUT2D eigenvalue weighted by atomic mass is 9.53. The monoisotopic (exact) mass is 400 g/mol. The number of rotatable bonds is 2. The molecule has 3 aliphatic carbocycles. The average Bonchev–Trinajstić information content (AvgIpc) is 2.81. The fraction of sp³-hybridized carbons (Fsp3) is 0.478. The summed E-state index contributed by atoms with van der Waals surface area (Å²) in [5, 5.41) is 0. The largest absolute Gasteiger partial charge is 0.473 e. The Kier molecular flexibility index (Phi) is 3.49. The number of benzene rings is 1. The van der Waals surface area contributed by atoms with Gasteiger partial charge < -0.3 is 9.47 Å². The molecule has 5 aliphatic rings. The van der Waals surface area contributed by atoms with Gasteiger partial charge in [-0.25, -0.2) is 8.78 Å². The van der Waals surface area contributed by atoms with Gasteiger partial charge in [0.15, 0.2) is 11.4 Å². The van der Waals surface area contributed by atoms with E-state index in [1.54, 1.807) is 6.08 Å². The third-order valence-corrected chi connectivity index (χ3v) is 6.94. The van der Waals surface area contributed by atoms with Crippen LogP contribution in [0.2, 0.25) is 0 Å². The molecule has 6 rings (SSSR count). The van der Waals surface area contributed by atoms with Crippen LogP contribution in [0.3, 0.4) is 0 Å². The average molecular weight is 400 g/mol. The molecule has 152 valence electrons. The number of hydrogen-bond acceptors (Lipinski definition) is 4. The van der Waals surface area contributed by atoms with E-state index in [0.717, 1.165) is 11.6 Å². The number of fused-ring (bicyclic) bond motifs is 1. The summed E-state index contributed by atoms with van der Waals surface area (Å²) >= 11 is 0. The van der Waals surface area contributed by atoms with E-state index in [1.807, 2.05) is 33.8 Å². The lowest BCUT2D eigenvalue weighted by Crippen LogP contribution is -2.68. The van der Waals surface area contributed by atoms with Gasteiger partial charge in [0.2, 0.25) is 5.78 Å². The van der Waals surface area contributed by atoms with E-state index in [9.17, 15) is 18.4 Å². The predicted molar refractivity (Wildman–Crippen MR) is 101 cm³/mol. The zero-order chi connectivity index (χ0) is 20.9. The maximum absolute atomic E-state index is 14.4. The molecule has 4 atom stereocenters.